The average molecular weight is 428 g/mol. The number of carbonyl (C=O) groups excluding carboxylic acids is 2. The zero-order valence-corrected chi connectivity index (χ0v) is 16.5. The molecule has 1 amide bonds. The van der Waals surface area contributed by atoms with E-state index in [2.05, 4.69) is 20.7 Å². The van der Waals surface area contributed by atoms with Crippen molar-refractivity contribution in [1.82, 2.24) is 4.90 Å². The highest BCUT2D eigenvalue weighted by Crippen LogP contribution is 2.33. The summed E-state index contributed by atoms with van der Waals surface area (Å²) in [6.07, 6.45) is 4.71. The van der Waals surface area contributed by atoms with Crippen LogP contribution in [0.1, 0.15) is 31.2 Å². The summed E-state index contributed by atoms with van der Waals surface area (Å²) in [6, 6.07) is 7.78. The summed E-state index contributed by atoms with van der Waals surface area (Å²) in [4.78, 5) is 25.8. The lowest BCUT2D eigenvalue weighted by molar-refractivity contribution is -0.140. The lowest BCUT2D eigenvalue weighted by atomic mass is 10.2. The number of rotatable bonds is 7. The van der Waals surface area contributed by atoms with E-state index in [0.717, 1.165) is 29.3 Å². The van der Waals surface area contributed by atoms with Crippen LogP contribution in [0.2, 0.25) is 0 Å². The maximum absolute atomic E-state index is 12.5. The first-order chi connectivity index (χ1) is 11.5. The molecule has 0 aromatic heterocycles. The van der Waals surface area contributed by atoms with Gasteiger partial charge < -0.3 is 4.74 Å². The Balaban J connectivity index is 1.88. The number of esters is 1. The summed E-state index contributed by atoms with van der Waals surface area (Å²) >= 11 is 10.1. The lowest BCUT2D eigenvalue weighted by Gasteiger charge is -2.13. The van der Waals surface area contributed by atoms with Crippen LogP contribution in [0.4, 0.5) is 0 Å². The molecule has 1 aliphatic rings. The minimum atomic E-state index is -0.197. The SMILES string of the molecule is COC(=O)CCCCCN1C(=O)C(=Cc2cccc(Br)c2)SC1=S. The Bertz CT molecular complexity index is 676. The van der Waals surface area contributed by atoms with Gasteiger partial charge in [-0.3, -0.25) is 14.5 Å². The van der Waals surface area contributed by atoms with E-state index in [4.69, 9.17) is 12.2 Å². The number of ether oxygens (including phenoxy) is 1. The molecule has 1 saturated heterocycles. The predicted molar refractivity (Wildman–Crippen MR) is 105 cm³/mol. The molecule has 0 N–H and O–H groups in total. The molecular formula is C17H18BrNO3S2. The van der Waals surface area contributed by atoms with Gasteiger partial charge in [-0.1, -0.05) is 58.5 Å². The Morgan fingerprint density at radius 3 is 2.88 bits per heavy atom. The molecule has 1 aromatic rings. The van der Waals surface area contributed by atoms with Crippen LogP contribution in [0.5, 0.6) is 0 Å². The number of carbonyl (C=O) groups is 2. The maximum Gasteiger partial charge on any atom is 0.305 e. The van der Waals surface area contributed by atoms with Gasteiger partial charge in [0.05, 0.1) is 12.0 Å². The van der Waals surface area contributed by atoms with Crippen LogP contribution in [-0.4, -0.2) is 34.8 Å². The third-order valence-corrected chi connectivity index (χ3v) is 5.38. The van der Waals surface area contributed by atoms with Crippen molar-refractivity contribution in [2.75, 3.05) is 13.7 Å². The van der Waals surface area contributed by atoms with Crippen LogP contribution >= 0.6 is 39.9 Å². The van der Waals surface area contributed by atoms with Gasteiger partial charge in [0, 0.05) is 17.4 Å². The topological polar surface area (TPSA) is 46.6 Å². The Hall–Kier alpha value is -1.18. The van der Waals surface area contributed by atoms with E-state index >= 15 is 0 Å². The maximum atomic E-state index is 12.5. The summed E-state index contributed by atoms with van der Waals surface area (Å²) in [7, 11) is 1.39. The summed E-state index contributed by atoms with van der Waals surface area (Å²) in [6.45, 7) is 0.585. The largest absolute Gasteiger partial charge is 0.469 e. The van der Waals surface area contributed by atoms with Crippen LogP contribution in [0.3, 0.4) is 0 Å². The molecule has 0 radical (unpaired) electrons. The first-order valence-electron chi connectivity index (χ1n) is 7.59. The highest BCUT2D eigenvalue weighted by Gasteiger charge is 2.31. The minimum absolute atomic E-state index is 0.0436. The quantitative estimate of drug-likeness (QED) is 0.279. The van der Waals surface area contributed by atoms with Crippen molar-refractivity contribution in [3.63, 3.8) is 0 Å². The molecule has 7 heteroatoms. The molecule has 0 saturated carbocycles. The van der Waals surface area contributed by atoms with E-state index in [0.29, 0.717) is 22.2 Å². The molecule has 4 nitrogen and oxygen atoms in total. The van der Waals surface area contributed by atoms with E-state index in [1.807, 2.05) is 30.3 Å². The molecule has 1 aliphatic heterocycles. The number of thioether (sulfide) groups is 1. The average Bonchev–Trinajstić information content (AvgIpc) is 2.81. The Labute approximate surface area is 159 Å². The molecule has 1 aromatic carbocycles. The van der Waals surface area contributed by atoms with Crippen LogP contribution in [0.25, 0.3) is 6.08 Å². The van der Waals surface area contributed by atoms with E-state index in [1.54, 1.807) is 4.90 Å². The number of hydrogen-bond donors (Lipinski definition) is 0. The standard InChI is InChI=1S/C17H18BrNO3S2/c1-22-15(20)8-3-2-4-9-19-16(21)14(24-17(19)23)11-12-6-5-7-13(18)10-12/h5-7,10-11H,2-4,8-9H2,1H3. The van der Waals surface area contributed by atoms with Gasteiger partial charge in [-0.2, -0.15) is 0 Å². The fourth-order valence-corrected chi connectivity index (χ4v) is 3.98. The second-order valence-corrected chi connectivity index (χ2v) is 7.87. The molecule has 2 rings (SSSR count). The van der Waals surface area contributed by atoms with Crippen molar-refractivity contribution in [3.8, 4) is 0 Å². The predicted octanol–water partition coefficient (Wildman–Crippen LogP) is 4.38. The second-order valence-electron chi connectivity index (χ2n) is 5.28. The van der Waals surface area contributed by atoms with Crippen molar-refractivity contribution >= 4 is 62.2 Å². The normalized spacial score (nSPS) is 16.1. The third kappa shape index (κ3) is 5.43. The van der Waals surface area contributed by atoms with Gasteiger partial charge >= 0.3 is 5.97 Å². The van der Waals surface area contributed by atoms with Gasteiger partial charge in [0.2, 0.25) is 0 Å². The van der Waals surface area contributed by atoms with Crippen LogP contribution < -0.4 is 0 Å². The molecule has 0 bridgehead atoms. The number of nitrogens with zero attached hydrogens (tertiary/aromatic N) is 1. The first-order valence-corrected chi connectivity index (χ1v) is 9.61. The number of hydrogen-bond acceptors (Lipinski definition) is 5. The van der Waals surface area contributed by atoms with Crippen molar-refractivity contribution in [2.45, 2.75) is 25.7 Å². The molecule has 128 valence electrons. The molecule has 0 spiro atoms. The van der Waals surface area contributed by atoms with Gasteiger partial charge in [0.15, 0.2) is 0 Å². The fourth-order valence-electron chi connectivity index (χ4n) is 2.26. The van der Waals surface area contributed by atoms with E-state index in [-0.39, 0.29) is 11.9 Å². The first kappa shape index (κ1) is 19.1. The van der Waals surface area contributed by atoms with Crippen molar-refractivity contribution in [3.05, 3.63) is 39.2 Å². The van der Waals surface area contributed by atoms with Crippen molar-refractivity contribution in [2.24, 2.45) is 0 Å². The van der Waals surface area contributed by atoms with Crippen LogP contribution in [0.15, 0.2) is 33.6 Å². The molecule has 0 unspecified atom stereocenters. The van der Waals surface area contributed by atoms with E-state index in [9.17, 15) is 9.59 Å². The number of unbranched alkanes of at least 4 members (excludes halogenated alkanes) is 2. The summed E-state index contributed by atoms with van der Waals surface area (Å²) < 4.78 is 6.17. The number of methoxy groups -OCH3 is 1. The van der Waals surface area contributed by atoms with E-state index in [1.165, 1.54) is 18.9 Å². The second kappa shape index (κ2) is 9.34. The van der Waals surface area contributed by atoms with Gasteiger partial charge in [-0.05, 0) is 36.6 Å². The highest BCUT2D eigenvalue weighted by molar-refractivity contribution is 9.10. The van der Waals surface area contributed by atoms with Gasteiger partial charge in [-0.15, -0.1) is 0 Å². The third-order valence-electron chi connectivity index (χ3n) is 3.51. The summed E-state index contributed by atoms with van der Waals surface area (Å²) in [5.74, 6) is -0.240. The van der Waals surface area contributed by atoms with Crippen LogP contribution in [-0.2, 0) is 14.3 Å². The zero-order chi connectivity index (χ0) is 17.5. The summed E-state index contributed by atoms with van der Waals surface area (Å²) in [5, 5.41) is 0. The van der Waals surface area contributed by atoms with Gasteiger partial charge in [0.25, 0.3) is 5.91 Å². The molecule has 0 aliphatic carbocycles. The molecule has 24 heavy (non-hydrogen) atoms. The highest BCUT2D eigenvalue weighted by atomic mass is 79.9. The van der Waals surface area contributed by atoms with Crippen LogP contribution in [0, 0.1) is 0 Å². The lowest BCUT2D eigenvalue weighted by Crippen LogP contribution is -2.29. The fraction of sp³-hybridized carbons (Fsp3) is 0.353. The smallest absolute Gasteiger partial charge is 0.305 e. The Morgan fingerprint density at radius 1 is 1.38 bits per heavy atom. The number of benzene rings is 1. The molecule has 0 atom stereocenters. The van der Waals surface area contributed by atoms with Crippen molar-refractivity contribution in [1.29, 1.82) is 0 Å². The molecular weight excluding hydrogens is 410 g/mol. The number of thiocarbonyl (C=S) groups is 1. The number of halogens is 1. The zero-order valence-electron chi connectivity index (χ0n) is 13.3. The van der Waals surface area contributed by atoms with Gasteiger partial charge in [0.1, 0.15) is 4.32 Å². The number of amides is 1. The molecule has 1 fully saturated rings. The minimum Gasteiger partial charge on any atom is -0.469 e. The molecule has 1 heterocycles. The van der Waals surface area contributed by atoms with E-state index < -0.39 is 0 Å². The Kier molecular flexibility index (Phi) is 7.45. The summed E-state index contributed by atoms with van der Waals surface area (Å²) in [5.41, 5.74) is 0.961. The Morgan fingerprint density at radius 2 is 2.17 bits per heavy atom. The monoisotopic (exact) mass is 427 g/mol. The van der Waals surface area contributed by atoms with Crippen molar-refractivity contribution < 1.29 is 14.3 Å². The van der Waals surface area contributed by atoms with Gasteiger partial charge in [-0.25, -0.2) is 0 Å².